The first-order valence-corrected chi connectivity index (χ1v) is 6.73. The number of para-hydroxylation sites is 2. The van der Waals surface area contributed by atoms with Gasteiger partial charge >= 0.3 is 11.9 Å². The first kappa shape index (κ1) is 14.7. The van der Waals surface area contributed by atoms with Gasteiger partial charge in [0.1, 0.15) is 12.4 Å². The predicted molar refractivity (Wildman–Crippen MR) is 78.7 cm³/mol. The summed E-state index contributed by atoms with van der Waals surface area (Å²) in [7, 11) is 1.25. The fraction of sp³-hybridized carbons (Fsp3) is 0.125. The van der Waals surface area contributed by atoms with Gasteiger partial charge in [0.15, 0.2) is 5.69 Å². The number of furan rings is 1. The molecule has 0 unspecified atom stereocenters. The number of ether oxygens (including phenoxy) is 2. The van der Waals surface area contributed by atoms with Gasteiger partial charge in [-0.05, 0) is 24.3 Å². The lowest BCUT2D eigenvalue weighted by Crippen LogP contribution is -2.08. The zero-order valence-electron chi connectivity index (χ0n) is 12.2. The molecule has 0 amide bonds. The molecule has 0 saturated carbocycles. The Labute approximate surface area is 130 Å². The van der Waals surface area contributed by atoms with Crippen molar-refractivity contribution in [3.63, 3.8) is 0 Å². The van der Waals surface area contributed by atoms with E-state index >= 15 is 0 Å². The molecule has 3 rings (SSSR count). The number of hydrogen-bond donors (Lipinski definition) is 0. The normalized spacial score (nSPS) is 10.5. The summed E-state index contributed by atoms with van der Waals surface area (Å²) in [5.41, 5.74) is 1.40. The van der Waals surface area contributed by atoms with Crippen LogP contribution in [0.1, 0.15) is 26.8 Å². The molecule has 1 aromatic carbocycles. The van der Waals surface area contributed by atoms with Crippen molar-refractivity contribution in [2.75, 3.05) is 7.11 Å². The van der Waals surface area contributed by atoms with Gasteiger partial charge in [0.25, 0.3) is 0 Å². The number of benzene rings is 1. The Balaban J connectivity index is 1.68. The van der Waals surface area contributed by atoms with E-state index < -0.39 is 11.9 Å². The number of hydrogen-bond acceptors (Lipinski definition) is 7. The lowest BCUT2D eigenvalue weighted by Gasteiger charge is -2.03. The standard InChI is InChI=1S/C16H12N2O5/c1-21-16(20)14-7-6-10(23-14)9-22-15(19)13-8-17-11-4-2-3-5-12(11)18-13/h2-8H,9H2,1H3. The molecule has 0 radical (unpaired) electrons. The van der Waals surface area contributed by atoms with Crippen LogP contribution in [-0.2, 0) is 16.1 Å². The summed E-state index contributed by atoms with van der Waals surface area (Å²) in [5, 5.41) is 0. The van der Waals surface area contributed by atoms with Gasteiger partial charge in [0.05, 0.1) is 24.3 Å². The quantitative estimate of drug-likeness (QED) is 0.683. The molecule has 0 aliphatic heterocycles. The highest BCUT2D eigenvalue weighted by Gasteiger charge is 2.14. The second kappa shape index (κ2) is 6.27. The van der Waals surface area contributed by atoms with Gasteiger partial charge in [-0.25, -0.2) is 14.6 Å². The Kier molecular flexibility index (Phi) is 4.01. The summed E-state index contributed by atoms with van der Waals surface area (Å²) in [6.45, 7) is -0.121. The van der Waals surface area contributed by atoms with Crippen molar-refractivity contribution < 1.29 is 23.5 Å². The number of esters is 2. The number of nitrogens with zero attached hydrogens (tertiary/aromatic N) is 2. The Bertz CT molecular complexity index is 872. The Morgan fingerprint density at radius 3 is 2.65 bits per heavy atom. The molecule has 3 aromatic rings. The number of aromatic nitrogens is 2. The summed E-state index contributed by atoms with van der Waals surface area (Å²) in [4.78, 5) is 31.6. The van der Waals surface area contributed by atoms with Gasteiger partial charge < -0.3 is 13.9 Å². The predicted octanol–water partition coefficient (Wildman–Crippen LogP) is 2.37. The maximum Gasteiger partial charge on any atom is 0.373 e. The van der Waals surface area contributed by atoms with Crippen LogP contribution >= 0.6 is 0 Å². The van der Waals surface area contributed by atoms with Crippen molar-refractivity contribution in [2.45, 2.75) is 6.61 Å². The maximum atomic E-state index is 12.0. The molecule has 23 heavy (non-hydrogen) atoms. The minimum Gasteiger partial charge on any atom is -0.463 e. The van der Waals surface area contributed by atoms with Crippen molar-refractivity contribution >= 4 is 23.0 Å². The van der Waals surface area contributed by atoms with Crippen molar-refractivity contribution in [3.8, 4) is 0 Å². The molecule has 2 aromatic heterocycles. The highest BCUT2D eigenvalue weighted by molar-refractivity contribution is 5.89. The van der Waals surface area contributed by atoms with Crippen molar-refractivity contribution in [1.29, 1.82) is 0 Å². The SMILES string of the molecule is COC(=O)c1ccc(COC(=O)c2cnc3ccccc3n2)o1. The first-order chi connectivity index (χ1) is 11.2. The van der Waals surface area contributed by atoms with Gasteiger partial charge in [-0.3, -0.25) is 4.98 Å². The third-order valence-electron chi connectivity index (χ3n) is 3.05. The van der Waals surface area contributed by atoms with E-state index in [4.69, 9.17) is 9.15 Å². The summed E-state index contributed by atoms with van der Waals surface area (Å²) in [6.07, 6.45) is 1.35. The second-order valence-electron chi connectivity index (χ2n) is 4.58. The largest absolute Gasteiger partial charge is 0.463 e. The van der Waals surface area contributed by atoms with E-state index in [9.17, 15) is 9.59 Å². The molecule has 7 nitrogen and oxygen atoms in total. The minimum absolute atomic E-state index is 0.0454. The Morgan fingerprint density at radius 2 is 1.87 bits per heavy atom. The van der Waals surface area contributed by atoms with Crippen LogP contribution in [0.25, 0.3) is 11.0 Å². The molecule has 2 heterocycles. The second-order valence-corrected chi connectivity index (χ2v) is 4.58. The molecular formula is C16H12N2O5. The molecular weight excluding hydrogens is 300 g/mol. The fourth-order valence-corrected chi connectivity index (χ4v) is 1.93. The Morgan fingerprint density at radius 1 is 1.09 bits per heavy atom. The van der Waals surface area contributed by atoms with Crippen molar-refractivity contribution in [3.05, 3.63) is 59.8 Å². The summed E-state index contributed by atoms with van der Waals surface area (Å²) in [5.74, 6) is -0.848. The average molecular weight is 312 g/mol. The third-order valence-corrected chi connectivity index (χ3v) is 3.05. The zero-order valence-corrected chi connectivity index (χ0v) is 12.2. The number of carbonyl (C=O) groups excluding carboxylic acids is 2. The number of carbonyl (C=O) groups is 2. The van der Waals surface area contributed by atoms with Crippen LogP contribution in [-0.4, -0.2) is 29.0 Å². The van der Waals surface area contributed by atoms with Gasteiger partial charge in [-0.2, -0.15) is 0 Å². The van der Waals surface area contributed by atoms with Gasteiger partial charge in [0.2, 0.25) is 5.76 Å². The zero-order chi connectivity index (χ0) is 16.2. The van der Waals surface area contributed by atoms with Crippen LogP contribution in [0.4, 0.5) is 0 Å². The van der Waals surface area contributed by atoms with Crippen LogP contribution in [0, 0.1) is 0 Å². The van der Waals surface area contributed by atoms with E-state index in [1.807, 2.05) is 12.1 Å². The van der Waals surface area contributed by atoms with Crippen LogP contribution in [0.5, 0.6) is 0 Å². The number of fused-ring (bicyclic) bond motifs is 1. The van der Waals surface area contributed by atoms with Gasteiger partial charge in [-0.15, -0.1) is 0 Å². The molecule has 116 valence electrons. The van der Waals surface area contributed by atoms with Crippen LogP contribution in [0.2, 0.25) is 0 Å². The number of rotatable bonds is 4. The molecule has 0 N–H and O–H groups in total. The molecule has 0 saturated heterocycles. The lowest BCUT2D eigenvalue weighted by atomic mass is 10.3. The van der Waals surface area contributed by atoms with E-state index in [2.05, 4.69) is 14.7 Å². The van der Waals surface area contributed by atoms with Gasteiger partial charge in [0, 0.05) is 0 Å². The molecule has 0 bridgehead atoms. The van der Waals surface area contributed by atoms with Crippen molar-refractivity contribution in [2.24, 2.45) is 0 Å². The molecule has 0 atom stereocenters. The maximum absolute atomic E-state index is 12.0. The topological polar surface area (TPSA) is 91.5 Å². The van der Waals surface area contributed by atoms with Crippen LogP contribution < -0.4 is 0 Å². The highest BCUT2D eigenvalue weighted by Crippen LogP contribution is 2.12. The lowest BCUT2D eigenvalue weighted by molar-refractivity contribution is 0.0431. The molecule has 0 aliphatic rings. The minimum atomic E-state index is -0.626. The molecule has 0 aliphatic carbocycles. The van der Waals surface area contributed by atoms with E-state index in [0.717, 1.165) is 0 Å². The van der Waals surface area contributed by atoms with Crippen LogP contribution in [0.15, 0.2) is 47.0 Å². The molecule has 7 heteroatoms. The monoisotopic (exact) mass is 312 g/mol. The molecule has 0 spiro atoms. The fourth-order valence-electron chi connectivity index (χ4n) is 1.93. The van der Waals surface area contributed by atoms with E-state index in [0.29, 0.717) is 16.8 Å². The first-order valence-electron chi connectivity index (χ1n) is 6.73. The van der Waals surface area contributed by atoms with E-state index in [1.54, 1.807) is 12.1 Å². The summed E-state index contributed by atoms with van der Waals surface area (Å²) >= 11 is 0. The number of methoxy groups -OCH3 is 1. The van der Waals surface area contributed by atoms with Crippen molar-refractivity contribution in [1.82, 2.24) is 9.97 Å². The van der Waals surface area contributed by atoms with Gasteiger partial charge in [-0.1, -0.05) is 12.1 Å². The van der Waals surface area contributed by atoms with Crippen LogP contribution in [0.3, 0.4) is 0 Å². The Hall–Kier alpha value is -3.22. The van der Waals surface area contributed by atoms with E-state index in [-0.39, 0.29) is 18.1 Å². The highest BCUT2D eigenvalue weighted by atomic mass is 16.6. The third kappa shape index (κ3) is 3.18. The summed E-state index contributed by atoms with van der Waals surface area (Å²) in [6, 6.07) is 10.2. The molecule has 0 fully saturated rings. The van der Waals surface area contributed by atoms with E-state index in [1.165, 1.54) is 25.4 Å². The summed E-state index contributed by atoms with van der Waals surface area (Å²) < 4.78 is 14.8. The average Bonchev–Trinajstić information content (AvgIpc) is 3.07. The smallest absolute Gasteiger partial charge is 0.373 e.